The summed E-state index contributed by atoms with van der Waals surface area (Å²) in [6, 6.07) is 12.6. The van der Waals surface area contributed by atoms with Crippen LogP contribution in [0, 0.1) is 6.92 Å². The first-order valence-electron chi connectivity index (χ1n) is 5.68. The second kappa shape index (κ2) is 4.35. The van der Waals surface area contributed by atoms with Crippen LogP contribution in [0.25, 0.3) is 22.0 Å². The van der Waals surface area contributed by atoms with E-state index in [-0.39, 0.29) is 0 Å². The highest BCUT2D eigenvalue weighted by molar-refractivity contribution is 7.11. The number of carbonyl (C=O) groups excluding carboxylic acids is 1. The van der Waals surface area contributed by atoms with Crippen molar-refractivity contribution in [3.05, 3.63) is 52.3 Å². The van der Waals surface area contributed by atoms with Crippen molar-refractivity contribution in [2.45, 2.75) is 6.92 Å². The molecule has 2 nitrogen and oxygen atoms in total. The standard InChI is InChI=1S/C15H11NOS/c1-10-2-3-12-7-13(5-4-11(12)6-10)14-9-18-15(8-17)16-14/h2-9H,1H3. The number of thiazole rings is 1. The number of hydrogen-bond acceptors (Lipinski definition) is 3. The first kappa shape index (κ1) is 11.1. The van der Waals surface area contributed by atoms with Gasteiger partial charge in [-0.2, -0.15) is 0 Å². The first-order chi connectivity index (χ1) is 8.76. The Bertz CT molecular complexity index is 730. The Morgan fingerprint density at radius 2 is 1.89 bits per heavy atom. The Hall–Kier alpha value is -2.00. The summed E-state index contributed by atoms with van der Waals surface area (Å²) in [4.78, 5) is 14.9. The van der Waals surface area contributed by atoms with Crippen molar-refractivity contribution in [3.8, 4) is 11.3 Å². The molecule has 2 aromatic carbocycles. The number of aromatic nitrogens is 1. The average Bonchev–Trinajstić information content (AvgIpc) is 2.87. The van der Waals surface area contributed by atoms with Gasteiger partial charge in [0.25, 0.3) is 0 Å². The van der Waals surface area contributed by atoms with Crippen LogP contribution in [0.4, 0.5) is 0 Å². The van der Waals surface area contributed by atoms with E-state index in [2.05, 4.69) is 42.2 Å². The zero-order chi connectivity index (χ0) is 12.5. The summed E-state index contributed by atoms with van der Waals surface area (Å²) in [5, 5.41) is 4.86. The van der Waals surface area contributed by atoms with Crippen LogP contribution in [0.1, 0.15) is 15.4 Å². The molecule has 0 saturated carbocycles. The SMILES string of the molecule is Cc1ccc2cc(-c3csc(C=O)n3)ccc2c1. The van der Waals surface area contributed by atoms with E-state index in [0.29, 0.717) is 5.01 Å². The number of rotatable bonds is 2. The van der Waals surface area contributed by atoms with E-state index in [1.165, 1.54) is 27.7 Å². The van der Waals surface area contributed by atoms with Gasteiger partial charge in [-0.3, -0.25) is 4.79 Å². The van der Waals surface area contributed by atoms with Gasteiger partial charge in [0.1, 0.15) is 0 Å². The Morgan fingerprint density at radius 1 is 1.11 bits per heavy atom. The van der Waals surface area contributed by atoms with Gasteiger partial charge in [-0.25, -0.2) is 4.98 Å². The normalized spacial score (nSPS) is 10.7. The minimum absolute atomic E-state index is 0.522. The van der Waals surface area contributed by atoms with E-state index >= 15 is 0 Å². The monoisotopic (exact) mass is 253 g/mol. The number of benzene rings is 2. The van der Waals surface area contributed by atoms with Gasteiger partial charge in [-0.15, -0.1) is 11.3 Å². The molecule has 0 amide bonds. The molecule has 0 bridgehead atoms. The fourth-order valence-electron chi connectivity index (χ4n) is 2.00. The Morgan fingerprint density at radius 3 is 2.67 bits per heavy atom. The number of fused-ring (bicyclic) bond motifs is 1. The smallest absolute Gasteiger partial charge is 0.178 e. The molecule has 1 aromatic heterocycles. The summed E-state index contributed by atoms with van der Waals surface area (Å²) in [7, 11) is 0. The molecule has 3 aromatic rings. The predicted octanol–water partition coefficient (Wildman–Crippen LogP) is 4.08. The summed E-state index contributed by atoms with van der Waals surface area (Å²) in [6.07, 6.45) is 0.790. The highest BCUT2D eigenvalue weighted by atomic mass is 32.1. The van der Waals surface area contributed by atoms with Gasteiger partial charge in [0.2, 0.25) is 0 Å². The predicted molar refractivity (Wildman–Crippen MR) is 75.2 cm³/mol. The van der Waals surface area contributed by atoms with Crippen LogP contribution in [-0.2, 0) is 0 Å². The van der Waals surface area contributed by atoms with Crippen molar-refractivity contribution >= 4 is 28.4 Å². The van der Waals surface area contributed by atoms with E-state index in [4.69, 9.17) is 0 Å². The molecule has 0 aliphatic carbocycles. The summed E-state index contributed by atoms with van der Waals surface area (Å²) < 4.78 is 0. The van der Waals surface area contributed by atoms with Gasteiger partial charge < -0.3 is 0 Å². The molecule has 0 aliphatic heterocycles. The van der Waals surface area contributed by atoms with E-state index in [1.807, 2.05) is 11.4 Å². The third kappa shape index (κ3) is 1.93. The largest absolute Gasteiger partial charge is 0.295 e. The molecule has 0 N–H and O–H groups in total. The van der Waals surface area contributed by atoms with E-state index in [1.54, 1.807) is 0 Å². The molecule has 0 atom stereocenters. The molecular formula is C15H11NOS. The lowest BCUT2D eigenvalue weighted by molar-refractivity contribution is 0.112. The molecule has 0 aliphatic rings. The molecule has 1 heterocycles. The maximum absolute atomic E-state index is 10.6. The fourth-order valence-corrected chi connectivity index (χ4v) is 2.63. The topological polar surface area (TPSA) is 30.0 Å². The zero-order valence-corrected chi connectivity index (χ0v) is 10.7. The lowest BCUT2D eigenvalue weighted by Gasteiger charge is -2.02. The first-order valence-corrected chi connectivity index (χ1v) is 6.56. The Kier molecular flexibility index (Phi) is 2.68. The third-order valence-electron chi connectivity index (χ3n) is 2.91. The number of carbonyl (C=O) groups is 1. The fraction of sp³-hybridized carbons (Fsp3) is 0.0667. The number of aryl methyl sites for hydroxylation is 1. The Labute approximate surface area is 109 Å². The highest BCUT2D eigenvalue weighted by Gasteiger charge is 2.04. The lowest BCUT2D eigenvalue weighted by Crippen LogP contribution is -1.82. The van der Waals surface area contributed by atoms with Crippen molar-refractivity contribution in [1.29, 1.82) is 0 Å². The molecule has 0 radical (unpaired) electrons. The number of nitrogens with zero attached hydrogens (tertiary/aromatic N) is 1. The van der Waals surface area contributed by atoms with E-state index < -0.39 is 0 Å². The van der Waals surface area contributed by atoms with Gasteiger partial charge in [-0.1, -0.05) is 35.9 Å². The van der Waals surface area contributed by atoms with E-state index in [0.717, 1.165) is 17.5 Å². The van der Waals surface area contributed by atoms with Crippen LogP contribution in [0.3, 0.4) is 0 Å². The Balaban J connectivity index is 2.12. The summed E-state index contributed by atoms with van der Waals surface area (Å²) in [6.45, 7) is 2.09. The quantitative estimate of drug-likeness (QED) is 0.644. The molecule has 3 heteroatoms. The van der Waals surface area contributed by atoms with Gasteiger partial charge in [-0.05, 0) is 23.8 Å². The lowest BCUT2D eigenvalue weighted by atomic mass is 10.0. The van der Waals surface area contributed by atoms with Crippen molar-refractivity contribution in [3.63, 3.8) is 0 Å². The van der Waals surface area contributed by atoms with Crippen molar-refractivity contribution in [2.24, 2.45) is 0 Å². The summed E-state index contributed by atoms with van der Waals surface area (Å²) >= 11 is 1.37. The summed E-state index contributed by atoms with van der Waals surface area (Å²) in [5.74, 6) is 0. The van der Waals surface area contributed by atoms with Crippen molar-refractivity contribution in [2.75, 3.05) is 0 Å². The molecule has 0 unspecified atom stereocenters. The maximum atomic E-state index is 10.6. The van der Waals surface area contributed by atoms with Crippen molar-refractivity contribution < 1.29 is 4.79 Å². The average molecular weight is 253 g/mol. The third-order valence-corrected chi connectivity index (χ3v) is 3.68. The van der Waals surface area contributed by atoms with Gasteiger partial charge in [0.15, 0.2) is 11.3 Å². The van der Waals surface area contributed by atoms with Crippen LogP contribution in [0.2, 0.25) is 0 Å². The molecular weight excluding hydrogens is 242 g/mol. The second-order valence-corrected chi connectivity index (χ2v) is 5.14. The zero-order valence-electron chi connectivity index (χ0n) is 9.88. The molecule has 0 spiro atoms. The van der Waals surface area contributed by atoms with Crippen molar-refractivity contribution in [1.82, 2.24) is 4.98 Å². The maximum Gasteiger partial charge on any atom is 0.178 e. The van der Waals surface area contributed by atoms with E-state index in [9.17, 15) is 4.79 Å². The van der Waals surface area contributed by atoms with Crippen LogP contribution >= 0.6 is 11.3 Å². The van der Waals surface area contributed by atoms with Gasteiger partial charge in [0, 0.05) is 10.9 Å². The molecule has 0 saturated heterocycles. The van der Waals surface area contributed by atoms with Gasteiger partial charge in [0.05, 0.1) is 5.69 Å². The number of hydrogen-bond donors (Lipinski definition) is 0. The minimum Gasteiger partial charge on any atom is -0.295 e. The number of aldehydes is 1. The van der Waals surface area contributed by atoms with Crippen LogP contribution < -0.4 is 0 Å². The van der Waals surface area contributed by atoms with Gasteiger partial charge >= 0.3 is 0 Å². The molecule has 3 rings (SSSR count). The van der Waals surface area contributed by atoms with Crippen LogP contribution in [0.15, 0.2) is 41.8 Å². The summed E-state index contributed by atoms with van der Waals surface area (Å²) in [5.41, 5.74) is 3.17. The molecule has 18 heavy (non-hydrogen) atoms. The second-order valence-electron chi connectivity index (χ2n) is 4.25. The molecule has 88 valence electrons. The van der Waals surface area contributed by atoms with Crippen LogP contribution in [0.5, 0.6) is 0 Å². The highest BCUT2D eigenvalue weighted by Crippen LogP contribution is 2.25. The molecule has 0 fully saturated rings. The van der Waals surface area contributed by atoms with Crippen LogP contribution in [-0.4, -0.2) is 11.3 Å². The minimum atomic E-state index is 0.522.